The Bertz CT molecular complexity index is 1060. The Balaban J connectivity index is 1.67. The summed E-state index contributed by atoms with van der Waals surface area (Å²) in [5.41, 5.74) is 8.72. The van der Waals surface area contributed by atoms with Gasteiger partial charge in [-0.2, -0.15) is 5.10 Å². The highest BCUT2D eigenvalue weighted by Crippen LogP contribution is 2.29. The number of Topliss-reactive ketones (excluding diaryl/α,β-unsaturated/α-hetero) is 1. The number of fused-ring (bicyclic) bond motifs is 2. The van der Waals surface area contributed by atoms with E-state index in [1.165, 1.54) is 0 Å². The van der Waals surface area contributed by atoms with Crippen LogP contribution in [0.15, 0.2) is 58.6 Å². The number of carbonyl (C=O) groups is 1. The summed E-state index contributed by atoms with van der Waals surface area (Å²) in [5.74, 6) is 6.30. The number of hydrogen-bond donors (Lipinski definition) is 2. The highest BCUT2D eigenvalue weighted by molar-refractivity contribution is 6.54. The molecule has 1 aliphatic carbocycles. The van der Waals surface area contributed by atoms with Crippen LogP contribution in [0.25, 0.3) is 0 Å². The number of anilines is 1. The fourth-order valence-corrected chi connectivity index (χ4v) is 4.88. The SMILES string of the molecule is CCCCOCCNN1Cc2ccccc2C(=NN)C(=NCC(=O)C2CCCC2)c2ccccc21. The molecule has 0 saturated heterocycles. The maximum absolute atomic E-state index is 12.9. The lowest BCUT2D eigenvalue weighted by Gasteiger charge is -2.31. The van der Waals surface area contributed by atoms with Crippen LogP contribution >= 0.6 is 0 Å². The third kappa shape index (κ3) is 6.16. The van der Waals surface area contributed by atoms with E-state index in [-0.39, 0.29) is 18.2 Å². The van der Waals surface area contributed by atoms with Crippen LogP contribution in [-0.2, 0) is 16.1 Å². The maximum Gasteiger partial charge on any atom is 0.157 e. The Kier molecular flexibility index (Phi) is 9.03. The molecule has 7 nitrogen and oxygen atoms in total. The molecule has 2 aliphatic rings. The molecule has 1 aliphatic heterocycles. The van der Waals surface area contributed by atoms with Crippen molar-refractivity contribution in [1.82, 2.24) is 5.43 Å². The van der Waals surface area contributed by atoms with Crippen molar-refractivity contribution in [2.75, 3.05) is 31.3 Å². The second kappa shape index (κ2) is 12.6. The van der Waals surface area contributed by atoms with E-state index < -0.39 is 0 Å². The van der Waals surface area contributed by atoms with Crippen molar-refractivity contribution in [3.63, 3.8) is 0 Å². The smallest absolute Gasteiger partial charge is 0.157 e. The fourth-order valence-electron chi connectivity index (χ4n) is 4.88. The summed E-state index contributed by atoms with van der Waals surface area (Å²) in [6.07, 6.45) is 6.39. The summed E-state index contributed by atoms with van der Waals surface area (Å²) < 4.78 is 5.76. The van der Waals surface area contributed by atoms with Gasteiger partial charge < -0.3 is 15.6 Å². The molecule has 0 amide bonds. The van der Waals surface area contributed by atoms with Crippen LogP contribution in [0.3, 0.4) is 0 Å². The number of nitrogens with two attached hydrogens (primary N) is 1. The van der Waals surface area contributed by atoms with Gasteiger partial charge in [0.05, 0.1) is 31.1 Å². The van der Waals surface area contributed by atoms with E-state index in [4.69, 9.17) is 15.6 Å². The van der Waals surface area contributed by atoms with Crippen molar-refractivity contribution < 1.29 is 9.53 Å². The van der Waals surface area contributed by atoms with E-state index in [1.807, 2.05) is 36.4 Å². The lowest BCUT2D eigenvalue weighted by molar-refractivity contribution is -0.121. The Labute approximate surface area is 208 Å². The zero-order chi connectivity index (χ0) is 24.5. The maximum atomic E-state index is 12.9. The molecule has 0 atom stereocenters. The highest BCUT2D eigenvalue weighted by Gasteiger charge is 2.27. The minimum absolute atomic E-state index is 0.125. The van der Waals surface area contributed by atoms with Gasteiger partial charge in [-0.3, -0.25) is 9.79 Å². The zero-order valence-corrected chi connectivity index (χ0v) is 20.7. The van der Waals surface area contributed by atoms with E-state index >= 15 is 0 Å². The number of carbonyl (C=O) groups excluding carboxylic acids is 1. The molecule has 7 heteroatoms. The molecule has 35 heavy (non-hydrogen) atoms. The highest BCUT2D eigenvalue weighted by atomic mass is 16.5. The topological polar surface area (TPSA) is 92.3 Å². The molecular weight excluding hydrogens is 438 g/mol. The molecular formula is C28H37N5O2. The van der Waals surface area contributed by atoms with Gasteiger partial charge in [0.1, 0.15) is 5.71 Å². The average Bonchev–Trinajstić information content (AvgIpc) is 3.43. The lowest BCUT2D eigenvalue weighted by Crippen LogP contribution is -2.42. The summed E-state index contributed by atoms with van der Waals surface area (Å²) >= 11 is 0. The first-order chi connectivity index (χ1) is 17.2. The van der Waals surface area contributed by atoms with Gasteiger partial charge in [-0.15, -0.1) is 0 Å². The number of ketones is 1. The summed E-state index contributed by atoms with van der Waals surface area (Å²) in [5, 5.41) is 6.33. The van der Waals surface area contributed by atoms with Crippen LogP contribution in [-0.4, -0.2) is 43.5 Å². The van der Waals surface area contributed by atoms with Gasteiger partial charge in [-0.25, -0.2) is 5.43 Å². The van der Waals surface area contributed by atoms with E-state index in [0.717, 1.165) is 67.5 Å². The summed E-state index contributed by atoms with van der Waals surface area (Å²) in [6, 6.07) is 16.2. The monoisotopic (exact) mass is 475 g/mol. The second-order valence-electron chi connectivity index (χ2n) is 9.22. The molecule has 1 fully saturated rings. The Morgan fingerprint density at radius 1 is 1.06 bits per heavy atom. The Morgan fingerprint density at radius 2 is 1.80 bits per heavy atom. The molecule has 0 spiro atoms. The molecule has 3 N–H and O–H groups in total. The van der Waals surface area contributed by atoms with Gasteiger partial charge in [-0.1, -0.05) is 68.7 Å². The number of nitrogens with one attached hydrogen (secondary N) is 1. The van der Waals surface area contributed by atoms with Crippen molar-refractivity contribution in [1.29, 1.82) is 0 Å². The minimum atomic E-state index is 0.125. The number of rotatable bonds is 10. The van der Waals surface area contributed by atoms with E-state index in [2.05, 4.69) is 34.6 Å². The number of nitrogens with zero attached hydrogens (tertiary/aromatic N) is 3. The molecule has 2 aromatic carbocycles. The summed E-state index contributed by atoms with van der Waals surface area (Å²) in [4.78, 5) is 17.8. The van der Waals surface area contributed by atoms with Gasteiger partial charge >= 0.3 is 0 Å². The molecule has 1 heterocycles. The summed E-state index contributed by atoms with van der Waals surface area (Å²) in [6.45, 7) is 5.04. The van der Waals surface area contributed by atoms with Gasteiger partial charge in [0.15, 0.2) is 5.78 Å². The average molecular weight is 476 g/mol. The van der Waals surface area contributed by atoms with E-state index in [9.17, 15) is 4.79 Å². The number of ether oxygens (including phenoxy) is 1. The van der Waals surface area contributed by atoms with Crippen LogP contribution in [0.2, 0.25) is 0 Å². The Hall–Kier alpha value is -3.03. The molecule has 0 bridgehead atoms. The first-order valence-corrected chi connectivity index (χ1v) is 12.8. The zero-order valence-electron chi connectivity index (χ0n) is 20.7. The molecule has 1 saturated carbocycles. The van der Waals surface area contributed by atoms with Crippen LogP contribution in [0.4, 0.5) is 5.69 Å². The fraction of sp³-hybridized carbons (Fsp3) is 0.464. The minimum Gasteiger partial charge on any atom is -0.380 e. The number of hydrogen-bond acceptors (Lipinski definition) is 7. The van der Waals surface area contributed by atoms with Crippen molar-refractivity contribution in [3.8, 4) is 0 Å². The quantitative estimate of drug-likeness (QED) is 0.305. The summed E-state index contributed by atoms with van der Waals surface area (Å²) in [7, 11) is 0. The van der Waals surface area contributed by atoms with Crippen molar-refractivity contribution in [2.45, 2.75) is 52.0 Å². The van der Waals surface area contributed by atoms with Crippen molar-refractivity contribution in [3.05, 3.63) is 65.2 Å². The molecule has 0 unspecified atom stereocenters. The number of hydrazone groups is 1. The van der Waals surface area contributed by atoms with Gasteiger partial charge in [0.2, 0.25) is 0 Å². The third-order valence-corrected chi connectivity index (χ3v) is 6.80. The molecule has 0 radical (unpaired) electrons. The first-order valence-electron chi connectivity index (χ1n) is 12.8. The van der Waals surface area contributed by atoms with E-state index in [1.54, 1.807) is 0 Å². The molecule has 186 valence electrons. The van der Waals surface area contributed by atoms with Crippen LogP contribution < -0.4 is 16.3 Å². The standard InChI is InChI=1S/C28H37N5O2/c1-2-3-17-35-18-16-31-33-20-22-12-6-7-13-23(22)28(32-29)27(24-14-8-9-15-25(24)33)30-19-26(34)21-10-4-5-11-21/h6-9,12-15,21,31H,2-5,10-11,16-20,29H2,1H3. The van der Waals surface area contributed by atoms with E-state index in [0.29, 0.717) is 31.1 Å². The molecule has 2 aromatic rings. The van der Waals surface area contributed by atoms with Crippen LogP contribution in [0.1, 0.15) is 62.1 Å². The number of hydrazine groups is 1. The molecule has 0 aromatic heterocycles. The predicted molar refractivity (Wildman–Crippen MR) is 142 cm³/mol. The largest absolute Gasteiger partial charge is 0.380 e. The first kappa shape index (κ1) is 25.1. The van der Waals surface area contributed by atoms with Crippen molar-refractivity contribution >= 4 is 22.9 Å². The Morgan fingerprint density at radius 3 is 2.57 bits per heavy atom. The normalized spacial score (nSPS) is 18.4. The molecule has 4 rings (SSSR count). The van der Waals surface area contributed by atoms with Crippen molar-refractivity contribution in [2.24, 2.45) is 21.9 Å². The van der Waals surface area contributed by atoms with Crippen LogP contribution in [0, 0.1) is 5.92 Å². The second-order valence-corrected chi connectivity index (χ2v) is 9.22. The number of para-hydroxylation sites is 1. The third-order valence-electron chi connectivity index (χ3n) is 6.80. The lowest BCUT2D eigenvalue weighted by atomic mass is 9.92. The number of aliphatic imine (C=N–C) groups is 1. The van der Waals surface area contributed by atoms with Gasteiger partial charge in [0, 0.05) is 30.2 Å². The van der Waals surface area contributed by atoms with Crippen LogP contribution in [0.5, 0.6) is 0 Å². The number of unbranched alkanes of at least 4 members (excludes halogenated alkanes) is 1. The van der Waals surface area contributed by atoms with Gasteiger partial charge in [-0.05, 0) is 30.9 Å². The van der Waals surface area contributed by atoms with Gasteiger partial charge in [0.25, 0.3) is 0 Å². The number of benzene rings is 2. The predicted octanol–water partition coefficient (Wildman–Crippen LogP) is 4.24.